The molecule has 0 spiro atoms. The fourth-order valence-electron chi connectivity index (χ4n) is 2.58. The van der Waals surface area contributed by atoms with E-state index in [9.17, 15) is 4.79 Å². The molecule has 0 atom stereocenters. The molecule has 1 N–H and O–H groups in total. The van der Waals surface area contributed by atoms with Crippen molar-refractivity contribution in [3.8, 4) is 17.7 Å². The number of hydrogen-bond donors (Lipinski definition) is 1. The molecule has 1 heterocycles. The number of carbonyl (C=O) groups is 1. The van der Waals surface area contributed by atoms with Gasteiger partial charge in [0, 0.05) is 29.9 Å². The Hall–Kier alpha value is -3.85. The first kappa shape index (κ1) is 18.9. The van der Waals surface area contributed by atoms with Crippen molar-refractivity contribution in [3.05, 3.63) is 89.1 Å². The Balaban J connectivity index is 1.56. The predicted octanol–water partition coefficient (Wildman–Crippen LogP) is 3.47. The van der Waals surface area contributed by atoms with Crippen molar-refractivity contribution in [2.45, 2.75) is 13.2 Å². The van der Waals surface area contributed by atoms with E-state index in [1.54, 1.807) is 49.7 Å². The molecule has 1 amide bonds. The quantitative estimate of drug-likeness (QED) is 0.685. The van der Waals surface area contributed by atoms with Crippen LogP contribution in [0, 0.1) is 11.3 Å². The Bertz CT molecular complexity index is 994. The Morgan fingerprint density at radius 2 is 1.93 bits per heavy atom. The van der Waals surface area contributed by atoms with Crippen molar-refractivity contribution >= 4 is 5.91 Å². The number of rotatable bonds is 7. The predicted molar refractivity (Wildman–Crippen MR) is 104 cm³/mol. The molecule has 0 saturated heterocycles. The summed E-state index contributed by atoms with van der Waals surface area (Å²) in [6.45, 7) is 0.667. The van der Waals surface area contributed by atoms with E-state index in [2.05, 4.69) is 16.4 Å². The number of methoxy groups -OCH3 is 1. The summed E-state index contributed by atoms with van der Waals surface area (Å²) in [6.07, 6.45) is 1.64. The molecule has 0 aliphatic carbocycles. The minimum Gasteiger partial charge on any atom is -0.489 e. The highest BCUT2D eigenvalue weighted by Gasteiger charge is 2.07. The van der Waals surface area contributed by atoms with Gasteiger partial charge in [0.2, 0.25) is 5.88 Å². The standard InChI is InChI=1S/C22H19N3O3/c1-27-21-12-16(10-11-24-21)14-25-22(26)17-6-8-20(9-7-17)28-15-19-5-3-2-4-18(19)13-23/h2-12H,14-15H2,1H3,(H,25,26). The van der Waals surface area contributed by atoms with Crippen LogP contribution in [0.3, 0.4) is 0 Å². The van der Waals surface area contributed by atoms with Crippen molar-refractivity contribution in [3.63, 3.8) is 0 Å². The van der Waals surface area contributed by atoms with Crippen molar-refractivity contribution < 1.29 is 14.3 Å². The van der Waals surface area contributed by atoms with Gasteiger partial charge in [-0.25, -0.2) is 4.98 Å². The highest BCUT2D eigenvalue weighted by atomic mass is 16.5. The smallest absolute Gasteiger partial charge is 0.251 e. The van der Waals surface area contributed by atoms with Gasteiger partial charge < -0.3 is 14.8 Å². The van der Waals surface area contributed by atoms with E-state index in [1.165, 1.54) is 0 Å². The first-order valence-corrected chi connectivity index (χ1v) is 8.67. The molecule has 0 radical (unpaired) electrons. The number of nitriles is 1. The Morgan fingerprint density at radius 3 is 2.68 bits per heavy atom. The number of hydrogen-bond acceptors (Lipinski definition) is 5. The average molecular weight is 373 g/mol. The van der Waals surface area contributed by atoms with Crippen LogP contribution in [0.4, 0.5) is 0 Å². The molecule has 3 rings (SSSR count). The van der Waals surface area contributed by atoms with E-state index in [1.807, 2.05) is 24.3 Å². The minimum absolute atomic E-state index is 0.183. The molecular weight excluding hydrogens is 354 g/mol. The molecule has 0 unspecified atom stereocenters. The van der Waals surface area contributed by atoms with Gasteiger partial charge in [0.1, 0.15) is 12.4 Å². The lowest BCUT2D eigenvalue weighted by atomic mass is 10.1. The lowest BCUT2D eigenvalue weighted by Gasteiger charge is -2.09. The summed E-state index contributed by atoms with van der Waals surface area (Å²) in [6, 6.07) is 19.9. The third-order valence-electron chi connectivity index (χ3n) is 4.11. The zero-order valence-electron chi connectivity index (χ0n) is 15.4. The highest BCUT2D eigenvalue weighted by molar-refractivity contribution is 5.94. The van der Waals surface area contributed by atoms with E-state index in [4.69, 9.17) is 14.7 Å². The molecule has 0 fully saturated rings. The van der Waals surface area contributed by atoms with Crippen LogP contribution >= 0.6 is 0 Å². The van der Waals surface area contributed by atoms with Crippen LogP contribution in [0.5, 0.6) is 11.6 Å². The maximum Gasteiger partial charge on any atom is 0.251 e. The van der Waals surface area contributed by atoms with Gasteiger partial charge in [-0.2, -0.15) is 5.26 Å². The fourth-order valence-corrected chi connectivity index (χ4v) is 2.58. The van der Waals surface area contributed by atoms with Gasteiger partial charge in [-0.05, 0) is 42.0 Å². The summed E-state index contributed by atoms with van der Waals surface area (Å²) in [5, 5.41) is 12.0. The summed E-state index contributed by atoms with van der Waals surface area (Å²) in [7, 11) is 1.55. The molecule has 6 nitrogen and oxygen atoms in total. The number of nitrogens with one attached hydrogen (secondary N) is 1. The van der Waals surface area contributed by atoms with E-state index in [0.29, 0.717) is 35.9 Å². The van der Waals surface area contributed by atoms with Crippen LogP contribution < -0.4 is 14.8 Å². The third-order valence-corrected chi connectivity index (χ3v) is 4.11. The number of ether oxygens (including phenoxy) is 2. The normalized spacial score (nSPS) is 10.0. The SMILES string of the molecule is COc1cc(CNC(=O)c2ccc(OCc3ccccc3C#N)cc2)ccn1. The van der Waals surface area contributed by atoms with Gasteiger partial charge in [-0.1, -0.05) is 18.2 Å². The molecule has 3 aromatic rings. The van der Waals surface area contributed by atoms with Crippen molar-refractivity contribution in [1.29, 1.82) is 5.26 Å². The van der Waals surface area contributed by atoms with E-state index in [0.717, 1.165) is 11.1 Å². The number of pyridine rings is 1. The maximum atomic E-state index is 12.3. The number of amides is 1. The number of benzene rings is 2. The first-order valence-electron chi connectivity index (χ1n) is 8.67. The summed E-state index contributed by atoms with van der Waals surface area (Å²) in [5.41, 5.74) is 2.84. The van der Waals surface area contributed by atoms with Gasteiger partial charge in [-0.15, -0.1) is 0 Å². The summed E-state index contributed by atoms with van der Waals surface area (Å²) in [4.78, 5) is 16.3. The van der Waals surface area contributed by atoms with Gasteiger partial charge in [0.25, 0.3) is 5.91 Å². The zero-order chi connectivity index (χ0) is 19.8. The van der Waals surface area contributed by atoms with Crippen LogP contribution in [-0.2, 0) is 13.2 Å². The number of carbonyl (C=O) groups excluding carboxylic acids is 1. The maximum absolute atomic E-state index is 12.3. The van der Waals surface area contributed by atoms with Gasteiger partial charge in [-0.3, -0.25) is 4.79 Å². The summed E-state index contributed by atoms with van der Waals surface area (Å²) < 4.78 is 10.8. The second kappa shape index (κ2) is 9.19. The Labute approximate surface area is 163 Å². The molecule has 0 aliphatic rings. The van der Waals surface area contributed by atoms with Crippen LogP contribution in [0.15, 0.2) is 66.9 Å². The van der Waals surface area contributed by atoms with Gasteiger partial charge in [0.05, 0.1) is 18.7 Å². The van der Waals surface area contributed by atoms with Crippen LogP contribution in [0.2, 0.25) is 0 Å². The topological polar surface area (TPSA) is 84.2 Å². The molecule has 28 heavy (non-hydrogen) atoms. The Morgan fingerprint density at radius 1 is 1.14 bits per heavy atom. The second-order valence-electron chi connectivity index (χ2n) is 5.97. The van der Waals surface area contributed by atoms with E-state index < -0.39 is 0 Å². The summed E-state index contributed by atoms with van der Waals surface area (Å²) >= 11 is 0. The lowest BCUT2D eigenvalue weighted by molar-refractivity contribution is 0.0951. The minimum atomic E-state index is -0.183. The van der Waals surface area contributed by atoms with E-state index >= 15 is 0 Å². The Kier molecular flexibility index (Phi) is 6.21. The number of aromatic nitrogens is 1. The highest BCUT2D eigenvalue weighted by Crippen LogP contribution is 2.16. The van der Waals surface area contributed by atoms with Crippen LogP contribution in [0.1, 0.15) is 27.0 Å². The molecule has 6 heteroatoms. The van der Waals surface area contributed by atoms with E-state index in [-0.39, 0.29) is 5.91 Å². The molecule has 0 saturated carbocycles. The largest absolute Gasteiger partial charge is 0.489 e. The second-order valence-corrected chi connectivity index (χ2v) is 5.97. The number of nitrogens with zero attached hydrogens (tertiary/aromatic N) is 2. The average Bonchev–Trinajstić information content (AvgIpc) is 2.76. The third kappa shape index (κ3) is 4.86. The lowest BCUT2D eigenvalue weighted by Crippen LogP contribution is -2.22. The monoisotopic (exact) mass is 373 g/mol. The van der Waals surface area contributed by atoms with Gasteiger partial charge in [0.15, 0.2) is 0 Å². The van der Waals surface area contributed by atoms with Crippen molar-refractivity contribution in [2.75, 3.05) is 7.11 Å². The summed E-state index contributed by atoms with van der Waals surface area (Å²) in [5.74, 6) is 0.951. The molecule has 0 aliphatic heterocycles. The van der Waals surface area contributed by atoms with Crippen molar-refractivity contribution in [2.24, 2.45) is 0 Å². The fraction of sp³-hybridized carbons (Fsp3) is 0.136. The zero-order valence-corrected chi connectivity index (χ0v) is 15.4. The van der Waals surface area contributed by atoms with Gasteiger partial charge >= 0.3 is 0 Å². The van der Waals surface area contributed by atoms with Crippen molar-refractivity contribution in [1.82, 2.24) is 10.3 Å². The molecule has 140 valence electrons. The van der Waals surface area contributed by atoms with Crippen LogP contribution in [0.25, 0.3) is 0 Å². The molecule has 1 aromatic heterocycles. The first-order chi connectivity index (χ1) is 13.7. The molecular formula is C22H19N3O3. The molecule has 2 aromatic carbocycles. The van der Waals surface area contributed by atoms with Crippen LogP contribution in [-0.4, -0.2) is 18.0 Å². The molecule has 0 bridgehead atoms.